The van der Waals surface area contributed by atoms with Gasteiger partial charge in [0.05, 0.1) is 11.7 Å². The summed E-state index contributed by atoms with van der Waals surface area (Å²) in [5.41, 5.74) is 1.22. The quantitative estimate of drug-likeness (QED) is 0.484. The Morgan fingerprint density at radius 2 is 2.07 bits per heavy atom. The predicted molar refractivity (Wildman–Crippen MR) is 107 cm³/mol. The van der Waals surface area contributed by atoms with Crippen molar-refractivity contribution < 1.29 is 23.5 Å². The van der Waals surface area contributed by atoms with Crippen molar-refractivity contribution >= 4 is 21.9 Å². The number of esters is 1. The minimum atomic E-state index is -0.474. The summed E-state index contributed by atoms with van der Waals surface area (Å²) in [6, 6.07) is 14.3. The first-order chi connectivity index (χ1) is 14.2. The van der Waals surface area contributed by atoms with Gasteiger partial charge in [0.2, 0.25) is 5.82 Å². The summed E-state index contributed by atoms with van der Waals surface area (Å²) in [6.45, 7) is 1.21. The van der Waals surface area contributed by atoms with Crippen molar-refractivity contribution in [1.29, 1.82) is 0 Å². The molecule has 1 saturated heterocycles. The molecule has 1 unspecified atom stereocenters. The number of aromatic nitrogens is 2. The smallest absolute Gasteiger partial charge is 0.338 e. The van der Waals surface area contributed by atoms with Crippen molar-refractivity contribution in [3.8, 4) is 17.1 Å². The van der Waals surface area contributed by atoms with E-state index in [0.29, 0.717) is 23.7 Å². The average Bonchev–Trinajstić information content (AvgIpc) is 3.43. The van der Waals surface area contributed by atoms with Gasteiger partial charge in [-0.3, -0.25) is 0 Å². The van der Waals surface area contributed by atoms with Gasteiger partial charge in [-0.15, -0.1) is 0 Å². The molecule has 2 heterocycles. The van der Waals surface area contributed by atoms with Crippen molar-refractivity contribution in [2.24, 2.45) is 0 Å². The van der Waals surface area contributed by atoms with Crippen LogP contribution in [-0.2, 0) is 16.1 Å². The van der Waals surface area contributed by atoms with Crippen molar-refractivity contribution in [2.45, 2.75) is 25.6 Å². The molecule has 0 saturated carbocycles. The molecule has 8 heteroatoms. The summed E-state index contributed by atoms with van der Waals surface area (Å²) in [7, 11) is 0. The van der Waals surface area contributed by atoms with E-state index >= 15 is 0 Å². The van der Waals surface area contributed by atoms with Crippen LogP contribution >= 0.6 is 15.9 Å². The fourth-order valence-electron chi connectivity index (χ4n) is 2.92. The number of hydrogen-bond acceptors (Lipinski definition) is 7. The Balaban J connectivity index is 1.29. The first kappa shape index (κ1) is 19.6. The van der Waals surface area contributed by atoms with Gasteiger partial charge < -0.3 is 18.7 Å². The van der Waals surface area contributed by atoms with Gasteiger partial charge in [-0.2, -0.15) is 4.98 Å². The highest BCUT2D eigenvalue weighted by atomic mass is 79.9. The highest BCUT2D eigenvalue weighted by molar-refractivity contribution is 9.10. The van der Waals surface area contributed by atoms with E-state index in [1.165, 1.54) is 0 Å². The van der Waals surface area contributed by atoms with Gasteiger partial charge in [-0.1, -0.05) is 33.2 Å². The average molecular weight is 459 g/mol. The molecule has 0 N–H and O–H groups in total. The third kappa shape index (κ3) is 5.21. The molecule has 7 nitrogen and oxygen atoms in total. The zero-order valence-corrected chi connectivity index (χ0v) is 17.1. The number of nitrogens with zero attached hydrogens (tertiary/aromatic N) is 2. The normalized spacial score (nSPS) is 16.0. The van der Waals surface area contributed by atoms with E-state index in [0.717, 1.165) is 29.5 Å². The molecule has 3 aromatic rings. The molecular formula is C21H19BrN2O5. The molecule has 0 spiro atoms. The molecule has 1 aliphatic heterocycles. The van der Waals surface area contributed by atoms with Crippen molar-refractivity contribution in [3.05, 3.63) is 64.5 Å². The van der Waals surface area contributed by atoms with E-state index in [-0.39, 0.29) is 18.6 Å². The SMILES string of the molecule is O=C(OCc1nc(-c2cccc(Br)c2)no1)c1ccc(OCC2CCCO2)cc1. The van der Waals surface area contributed by atoms with Gasteiger partial charge in [0.25, 0.3) is 5.89 Å². The van der Waals surface area contributed by atoms with Crippen molar-refractivity contribution in [2.75, 3.05) is 13.2 Å². The standard InChI is InChI=1S/C21H19BrN2O5/c22-16-4-1-3-15(11-16)20-23-19(29-24-20)13-28-21(25)14-6-8-17(9-7-14)27-12-18-5-2-10-26-18/h1,3-4,6-9,11,18H,2,5,10,12-13H2. The minimum Gasteiger partial charge on any atom is -0.491 e. The van der Waals surface area contributed by atoms with Crippen LogP contribution in [0, 0.1) is 0 Å². The topological polar surface area (TPSA) is 83.7 Å². The lowest BCUT2D eigenvalue weighted by atomic mass is 10.2. The van der Waals surface area contributed by atoms with Gasteiger partial charge in [0, 0.05) is 16.6 Å². The maximum Gasteiger partial charge on any atom is 0.338 e. The summed E-state index contributed by atoms with van der Waals surface area (Å²) in [5, 5.41) is 3.92. The molecule has 0 amide bonds. The van der Waals surface area contributed by atoms with Gasteiger partial charge in [0.1, 0.15) is 12.4 Å². The molecule has 0 radical (unpaired) electrons. The van der Waals surface area contributed by atoms with Crippen LogP contribution in [0.2, 0.25) is 0 Å². The fourth-order valence-corrected chi connectivity index (χ4v) is 3.32. The number of carbonyl (C=O) groups is 1. The Morgan fingerprint density at radius 3 is 2.83 bits per heavy atom. The molecule has 2 aromatic carbocycles. The number of rotatable bonds is 7. The highest BCUT2D eigenvalue weighted by Crippen LogP contribution is 2.21. The van der Waals surface area contributed by atoms with E-state index in [9.17, 15) is 4.79 Å². The Bertz CT molecular complexity index is 967. The number of halogens is 1. The Morgan fingerprint density at radius 1 is 1.21 bits per heavy atom. The van der Waals surface area contributed by atoms with Gasteiger partial charge in [-0.25, -0.2) is 4.79 Å². The zero-order chi connectivity index (χ0) is 20.1. The lowest BCUT2D eigenvalue weighted by Crippen LogP contribution is -2.16. The molecule has 1 aromatic heterocycles. The molecular weight excluding hydrogens is 440 g/mol. The molecule has 150 valence electrons. The Hall–Kier alpha value is -2.71. The third-order valence-corrected chi connectivity index (χ3v) is 4.92. The number of carbonyl (C=O) groups excluding carboxylic acids is 1. The highest BCUT2D eigenvalue weighted by Gasteiger charge is 2.16. The largest absolute Gasteiger partial charge is 0.491 e. The van der Waals surface area contributed by atoms with Gasteiger partial charge in [-0.05, 0) is 49.2 Å². The summed E-state index contributed by atoms with van der Waals surface area (Å²) in [4.78, 5) is 16.5. The van der Waals surface area contributed by atoms with Gasteiger partial charge in [0.15, 0.2) is 6.61 Å². The lowest BCUT2D eigenvalue weighted by molar-refractivity contribution is 0.0429. The second-order valence-corrected chi connectivity index (χ2v) is 7.48. The second-order valence-electron chi connectivity index (χ2n) is 6.57. The van der Waals surface area contributed by atoms with Crippen LogP contribution in [0.5, 0.6) is 5.75 Å². The van der Waals surface area contributed by atoms with Crippen LogP contribution in [0.4, 0.5) is 0 Å². The first-order valence-corrected chi connectivity index (χ1v) is 10.1. The summed E-state index contributed by atoms with van der Waals surface area (Å²) >= 11 is 3.40. The minimum absolute atomic E-state index is 0.100. The first-order valence-electron chi connectivity index (χ1n) is 9.27. The van der Waals surface area contributed by atoms with Crippen LogP contribution in [0.1, 0.15) is 29.1 Å². The van der Waals surface area contributed by atoms with Gasteiger partial charge >= 0.3 is 5.97 Å². The Labute approximate surface area is 176 Å². The number of hydrogen-bond donors (Lipinski definition) is 0. The molecule has 1 fully saturated rings. The predicted octanol–water partition coefficient (Wildman–Crippen LogP) is 4.41. The van der Waals surface area contributed by atoms with Crippen molar-refractivity contribution in [3.63, 3.8) is 0 Å². The van der Waals surface area contributed by atoms with Crippen LogP contribution in [0.15, 0.2) is 57.5 Å². The van der Waals surface area contributed by atoms with Crippen LogP contribution < -0.4 is 4.74 Å². The fraction of sp³-hybridized carbons (Fsp3) is 0.286. The van der Waals surface area contributed by atoms with E-state index in [2.05, 4.69) is 26.1 Å². The van der Waals surface area contributed by atoms with Crippen LogP contribution in [0.25, 0.3) is 11.4 Å². The van der Waals surface area contributed by atoms with Crippen LogP contribution in [-0.4, -0.2) is 35.4 Å². The lowest BCUT2D eigenvalue weighted by Gasteiger charge is -2.11. The summed E-state index contributed by atoms with van der Waals surface area (Å²) in [5.74, 6) is 0.875. The van der Waals surface area contributed by atoms with E-state index in [1.54, 1.807) is 24.3 Å². The number of ether oxygens (including phenoxy) is 3. The third-order valence-electron chi connectivity index (χ3n) is 4.43. The van der Waals surface area contributed by atoms with E-state index in [4.69, 9.17) is 18.7 Å². The summed E-state index contributed by atoms with van der Waals surface area (Å²) < 4.78 is 22.6. The molecule has 29 heavy (non-hydrogen) atoms. The maximum atomic E-state index is 12.2. The van der Waals surface area contributed by atoms with E-state index in [1.807, 2.05) is 24.3 Å². The summed E-state index contributed by atoms with van der Waals surface area (Å²) in [6.07, 6.45) is 2.24. The monoisotopic (exact) mass is 458 g/mol. The maximum absolute atomic E-state index is 12.2. The molecule has 1 aliphatic rings. The zero-order valence-electron chi connectivity index (χ0n) is 15.5. The molecule has 0 aliphatic carbocycles. The van der Waals surface area contributed by atoms with Crippen LogP contribution in [0.3, 0.4) is 0 Å². The second kappa shape index (κ2) is 9.19. The molecule has 0 bridgehead atoms. The van der Waals surface area contributed by atoms with E-state index < -0.39 is 5.97 Å². The number of benzene rings is 2. The Kier molecular flexibility index (Phi) is 6.21. The molecule has 4 rings (SSSR count). The molecule has 1 atom stereocenters. The van der Waals surface area contributed by atoms with Crippen molar-refractivity contribution in [1.82, 2.24) is 10.1 Å².